The van der Waals surface area contributed by atoms with E-state index in [0.29, 0.717) is 24.5 Å². The summed E-state index contributed by atoms with van der Waals surface area (Å²) in [5.41, 5.74) is 1.49. The van der Waals surface area contributed by atoms with Crippen molar-refractivity contribution in [3.8, 4) is 0 Å². The van der Waals surface area contributed by atoms with Gasteiger partial charge in [0.15, 0.2) is 0 Å². The second-order valence-electron chi connectivity index (χ2n) is 6.83. The molecule has 0 fully saturated rings. The summed E-state index contributed by atoms with van der Waals surface area (Å²) < 4.78 is 40.7. The Hall–Kier alpha value is -2.80. The van der Waals surface area contributed by atoms with E-state index in [1.54, 1.807) is 24.3 Å². The van der Waals surface area contributed by atoms with Crippen molar-refractivity contribution >= 4 is 11.6 Å². The van der Waals surface area contributed by atoms with Gasteiger partial charge in [0.2, 0.25) is 5.91 Å². The van der Waals surface area contributed by atoms with Crippen molar-refractivity contribution in [2.45, 2.75) is 38.1 Å². The highest BCUT2D eigenvalue weighted by Gasteiger charge is 2.61. The van der Waals surface area contributed by atoms with Crippen LogP contribution in [0.5, 0.6) is 0 Å². The third-order valence-corrected chi connectivity index (χ3v) is 4.65. The molecule has 0 bridgehead atoms. The standard InChI is InChI=1S/C21H21F3N2O2/c1-15-10-12-17(13-11-15)18-14-20(28,21(22,23)24)26(25-18)19(27)9-5-8-16-6-3-2-4-7-16/h2-4,6-7,10-14,25,28H,5,8-9H2,1H3/t20-/m1/s1. The molecule has 0 aromatic heterocycles. The topological polar surface area (TPSA) is 52.6 Å². The molecule has 1 atom stereocenters. The average molecular weight is 390 g/mol. The van der Waals surface area contributed by atoms with Crippen molar-refractivity contribution in [3.05, 3.63) is 77.4 Å². The first-order valence-corrected chi connectivity index (χ1v) is 8.93. The van der Waals surface area contributed by atoms with Gasteiger partial charge in [0.1, 0.15) is 0 Å². The number of aliphatic hydroxyl groups is 1. The zero-order valence-electron chi connectivity index (χ0n) is 15.3. The second-order valence-corrected chi connectivity index (χ2v) is 6.83. The average Bonchev–Trinajstić information content (AvgIpc) is 3.02. The SMILES string of the molecule is Cc1ccc(C2=C[C@@](O)(C(F)(F)F)N(C(=O)CCCc3ccccc3)N2)cc1. The summed E-state index contributed by atoms with van der Waals surface area (Å²) in [7, 11) is 0. The quantitative estimate of drug-likeness (QED) is 0.813. The number of hydrazine groups is 1. The molecule has 2 aromatic carbocycles. The highest BCUT2D eigenvalue weighted by molar-refractivity contribution is 5.81. The number of hydrogen-bond acceptors (Lipinski definition) is 3. The molecule has 0 saturated heterocycles. The lowest BCUT2D eigenvalue weighted by molar-refractivity contribution is -0.288. The lowest BCUT2D eigenvalue weighted by Crippen LogP contribution is -2.60. The van der Waals surface area contributed by atoms with Crippen LogP contribution in [-0.4, -0.2) is 27.9 Å². The van der Waals surface area contributed by atoms with E-state index in [1.165, 1.54) is 0 Å². The maximum absolute atomic E-state index is 13.6. The maximum atomic E-state index is 13.6. The van der Waals surface area contributed by atoms with Crippen LogP contribution in [0.4, 0.5) is 13.2 Å². The molecular weight excluding hydrogens is 369 g/mol. The highest BCUT2D eigenvalue weighted by Crippen LogP contribution is 2.40. The van der Waals surface area contributed by atoms with E-state index in [0.717, 1.165) is 11.1 Å². The zero-order chi connectivity index (χ0) is 20.4. The van der Waals surface area contributed by atoms with Gasteiger partial charge in [0.05, 0.1) is 5.70 Å². The fourth-order valence-corrected chi connectivity index (χ4v) is 3.05. The fraction of sp³-hybridized carbons (Fsp3) is 0.286. The number of aryl methyl sites for hydroxylation is 2. The van der Waals surface area contributed by atoms with Gasteiger partial charge >= 0.3 is 6.18 Å². The molecule has 3 rings (SSSR count). The Bertz CT molecular complexity index is 863. The molecule has 0 unspecified atom stereocenters. The molecule has 1 heterocycles. The molecule has 0 aliphatic carbocycles. The molecule has 4 nitrogen and oxygen atoms in total. The van der Waals surface area contributed by atoms with E-state index in [-0.39, 0.29) is 17.1 Å². The van der Waals surface area contributed by atoms with Crippen LogP contribution in [0.1, 0.15) is 29.5 Å². The van der Waals surface area contributed by atoms with E-state index < -0.39 is 17.8 Å². The van der Waals surface area contributed by atoms with E-state index >= 15 is 0 Å². The number of nitrogens with one attached hydrogen (secondary N) is 1. The van der Waals surface area contributed by atoms with Crippen molar-refractivity contribution in [2.75, 3.05) is 0 Å². The summed E-state index contributed by atoms with van der Waals surface area (Å²) in [5, 5.41) is 10.6. The largest absolute Gasteiger partial charge is 0.442 e. The Morgan fingerprint density at radius 3 is 2.36 bits per heavy atom. The number of halogens is 3. The minimum absolute atomic E-state index is 0.0382. The minimum Gasteiger partial charge on any atom is -0.359 e. The van der Waals surface area contributed by atoms with Gasteiger partial charge in [-0.15, -0.1) is 0 Å². The number of carbonyl (C=O) groups is 1. The summed E-state index contributed by atoms with van der Waals surface area (Å²) in [6, 6.07) is 16.1. The normalized spacial score (nSPS) is 19.3. The van der Waals surface area contributed by atoms with Crippen LogP contribution >= 0.6 is 0 Å². The van der Waals surface area contributed by atoms with Gasteiger partial charge in [0.25, 0.3) is 5.72 Å². The van der Waals surface area contributed by atoms with Crippen molar-refractivity contribution in [1.29, 1.82) is 0 Å². The Balaban J connectivity index is 1.75. The van der Waals surface area contributed by atoms with Gasteiger partial charge in [-0.05, 0) is 30.9 Å². The van der Waals surface area contributed by atoms with Crippen LogP contribution in [0.15, 0.2) is 60.7 Å². The first-order chi connectivity index (χ1) is 13.2. The van der Waals surface area contributed by atoms with Crippen molar-refractivity contribution < 1.29 is 23.1 Å². The third-order valence-electron chi connectivity index (χ3n) is 4.65. The lowest BCUT2D eigenvalue weighted by Gasteiger charge is -2.33. The summed E-state index contributed by atoms with van der Waals surface area (Å²) in [6.07, 6.45) is -3.60. The second kappa shape index (κ2) is 7.67. The van der Waals surface area contributed by atoms with E-state index in [4.69, 9.17) is 0 Å². The van der Waals surface area contributed by atoms with Crippen LogP contribution in [0.3, 0.4) is 0 Å². The Kier molecular flexibility index (Phi) is 5.47. The monoisotopic (exact) mass is 390 g/mol. The van der Waals surface area contributed by atoms with Gasteiger partial charge < -0.3 is 5.11 Å². The van der Waals surface area contributed by atoms with Crippen LogP contribution in [0, 0.1) is 6.92 Å². The number of nitrogens with zero attached hydrogens (tertiary/aromatic N) is 1. The smallest absolute Gasteiger partial charge is 0.359 e. The van der Waals surface area contributed by atoms with Crippen LogP contribution in [0.2, 0.25) is 0 Å². The van der Waals surface area contributed by atoms with Crippen molar-refractivity contribution in [1.82, 2.24) is 10.4 Å². The molecule has 1 aliphatic heterocycles. The molecule has 7 heteroatoms. The van der Waals surface area contributed by atoms with E-state index in [1.807, 2.05) is 37.3 Å². The van der Waals surface area contributed by atoms with E-state index in [2.05, 4.69) is 5.43 Å². The molecule has 2 aromatic rings. The highest BCUT2D eigenvalue weighted by atomic mass is 19.4. The zero-order valence-corrected chi connectivity index (χ0v) is 15.3. The Morgan fingerprint density at radius 1 is 1.11 bits per heavy atom. The summed E-state index contributed by atoms with van der Waals surface area (Å²) in [5.74, 6) is -0.825. The number of hydrogen-bond donors (Lipinski definition) is 2. The Labute approximate surface area is 161 Å². The summed E-state index contributed by atoms with van der Waals surface area (Å²) in [4.78, 5) is 12.5. The van der Waals surface area contributed by atoms with Gasteiger partial charge in [-0.2, -0.15) is 13.2 Å². The first-order valence-electron chi connectivity index (χ1n) is 8.93. The van der Waals surface area contributed by atoms with Crippen LogP contribution < -0.4 is 5.43 Å². The molecule has 1 aliphatic rings. The summed E-state index contributed by atoms with van der Waals surface area (Å²) >= 11 is 0. The number of benzene rings is 2. The maximum Gasteiger partial charge on any atom is 0.442 e. The van der Waals surface area contributed by atoms with Crippen LogP contribution in [-0.2, 0) is 11.2 Å². The molecule has 0 saturated carbocycles. The number of alkyl halides is 3. The van der Waals surface area contributed by atoms with Crippen LogP contribution in [0.25, 0.3) is 5.70 Å². The van der Waals surface area contributed by atoms with E-state index in [9.17, 15) is 23.1 Å². The van der Waals surface area contributed by atoms with Gasteiger partial charge in [-0.1, -0.05) is 60.2 Å². The molecular formula is C21H21F3N2O2. The Morgan fingerprint density at radius 2 is 1.75 bits per heavy atom. The lowest BCUT2D eigenvalue weighted by atomic mass is 10.1. The minimum atomic E-state index is -5.04. The molecule has 148 valence electrons. The molecule has 0 spiro atoms. The van der Waals surface area contributed by atoms with Crippen molar-refractivity contribution in [3.63, 3.8) is 0 Å². The number of carbonyl (C=O) groups excluding carboxylic acids is 1. The molecule has 0 radical (unpaired) electrons. The molecule has 28 heavy (non-hydrogen) atoms. The first kappa shape index (κ1) is 19.9. The fourth-order valence-electron chi connectivity index (χ4n) is 3.05. The molecule has 2 N–H and O–H groups in total. The predicted molar refractivity (Wildman–Crippen MR) is 99.5 cm³/mol. The number of amides is 1. The van der Waals surface area contributed by atoms with Crippen molar-refractivity contribution in [2.24, 2.45) is 0 Å². The third kappa shape index (κ3) is 4.04. The predicted octanol–water partition coefficient (Wildman–Crippen LogP) is 3.96. The van der Waals surface area contributed by atoms with Gasteiger partial charge in [0, 0.05) is 12.5 Å². The number of rotatable bonds is 5. The van der Waals surface area contributed by atoms with Gasteiger partial charge in [-0.3, -0.25) is 10.2 Å². The van der Waals surface area contributed by atoms with Gasteiger partial charge in [-0.25, -0.2) is 5.01 Å². The molecule has 1 amide bonds. The summed E-state index contributed by atoms with van der Waals surface area (Å²) in [6.45, 7) is 1.86.